The van der Waals surface area contributed by atoms with Gasteiger partial charge in [-0.1, -0.05) is 30.3 Å². The minimum Gasteiger partial charge on any atom is -0.480 e. The summed E-state index contributed by atoms with van der Waals surface area (Å²) in [5, 5.41) is 8.75. The van der Waals surface area contributed by atoms with E-state index in [2.05, 4.69) is 0 Å². The third-order valence-corrected chi connectivity index (χ3v) is 4.44. The molecule has 0 atom stereocenters. The molecule has 0 bridgehead atoms. The second kappa shape index (κ2) is 7.16. The number of aliphatic carboxylic acids is 1. The Morgan fingerprint density at radius 3 is 2.24 bits per heavy atom. The number of carboxylic acids is 1. The minimum absolute atomic E-state index is 0.0536. The van der Waals surface area contributed by atoms with Gasteiger partial charge in [-0.15, -0.1) is 0 Å². The first-order valence-corrected chi connectivity index (χ1v) is 7.38. The first-order valence-electron chi connectivity index (χ1n) is 5.99. The van der Waals surface area contributed by atoms with Crippen LogP contribution in [-0.4, -0.2) is 54.1 Å². The Morgan fingerprint density at radius 1 is 1.19 bits per heavy atom. The van der Waals surface area contributed by atoms with Crippen LogP contribution in [0, 0.1) is 0 Å². The summed E-state index contributed by atoms with van der Waals surface area (Å²) >= 11 is 0. The molecule has 1 aromatic rings. The summed E-state index contributed by atoms with van der Waals surface area (Å²) in [6.07, 6.45) is 0. The number of carbonyl (C=O) groups excluding carboxylic acids is 1. The number of nitrogens with two attached hydrogens (primary N) is 1. The number of hydrogen-bond donors (Lipinski definition) is 2. The van der Waals surface area contributed by atoms with E-state index < -0.39 is 35.2 Å². The van der Waals surface area contributed by atoms with E-state index in [1.54, 1.807) is 30.3 Å². The zero-order chi connectivity index (χ0) is 16.0. The van der Waals surface area contributed by atoms with E-state index in [0.717, 1.165) is 9.87 Å². The molecule has 0 aliphatic heterocycles. The zero-order valence-corrected chi connectivity index (χ0v) is 12.3. The maximum absolute atomic E-state index is 12.3. The van der Waals surface area contributed by atoms with E-state index in [9.17, 15) is 18.0 Å². The average Bonchev–Trinajstić information content (AvgIpc) is 2.38. The van der Waals surface area contributed by atoms with Crippen molar-refractivity contribution in [2.45, 2.75) is 6.54 Å². The Kier molecular flexibility index (Phi) is 5.82. The standard InChI is InChI=1S/C12H17N3O5S/c1-14(7-10-5-3-2-4-6-10)21(19,20)15(8-11(13)16)9-12(17)18/h2-6H,7-9H2,1H3,(H2,13,16)(H,17,18). The molecule has 8 nitrogen and oxygen atoms in total. The van der Waals surface area contributed by atoms with E-state index in [1.807, 2.05) is 0 Å². The average molecular weight is 315 g/mol. The molecule has 0 radical (unpaired) electrons. The lowest BCUT2D eigenvalue weighted by Crippen LogP contribution is -2.47. The van der Waals surface area contributed by atoms with Crippen molar-refractivity contribution < 1.29 is 23.1 Å². The Hall–Kier alpha value is -1.97. The molecule has 116 valence electrons. The first kappa shape index (κ1) is 17.1. The van der Waals surface area contributed by atoms with Gasteiger partial charge in [-0.3, -0.25) is 9.59 Å². The molecule has 21 heavy (non-hydrogen) atoms. The lowest BCUT2D eigenvalue weighted by Gasteiger charge is -2.25. The van der Waals surface area contributed by atoms with Gasteiger partial charge in [0.05, 0.1) is 6.54 Å². The predicted octanol–water partition coefficient (Wildman–Crippen LogP) is -0.765. The van der Waals surface area contributed by atoms with Crippen LogP contribution in [0.5, 0.6) is 0 Å². The highest BCUT2D eigenvalue weighted by Crippen LogP contribution is 2.11. The van der Waals surface area contributed by atoms with Crippen molar-refractivity contribution in [1.82, 2.24) is 8.61 Å². The van der Waals surface area contributed by atoms with E-state index in [-0.39, 0.29) is 6.54 Å². The molecule has 0 heterocycles. The fourth-order valence-electron chi connectivity index (χ4n) is 1.66. The van der Waals surface area contributed by atoms with Crippen LogP contribution in [0.15, 0.2) is 30.3 Å². The second-order valence-electron chi connectivity index (χ2n) is 4.38. The zero-order valence-electron chi connectivity index (χ0n) is 11.5. The van der Waals surface area contributed by atoms with Crippen molar-refractivity contribution in [2.75, 3.05) is 20.1 Å². The van der Waals surface area contributed by atoms with Gasteiger partial charge in [-0.05, 0) is 5.56 Å². The van der Waals surface area contributed by atoms with Crippen LogP contribution in [-0.2, 0) is 26.3 Å². The smallest absolute Gasteiger partial charge is 0.318 e. The maximum Gasteiger partial charge on any atom is 0.318 e. The summed E-state index contributed by atoms with van der Waals surface area (Å²) in [5.74, 6) is -2.29. The summed E-state index contributed by atoms with van der Waals surface area (Å²) in [4.78, 5) is 21.7. The summed E-state index contributed by atoms with van der Waals surface area (Å²) in [5.41, 5.74) is 5.70. The summed E-state index contributed by atoms with van der Waals surface area (Å²) < 4.78 is 26.1. The number of rotatable bonds is 8. The number of primary amides is 1. The lowest BCUT2D eigenvalue weighted by atomic mass is 10.2. The van der Waals surface area contributed by atoms with Crippen LogP contribution in [0.3, 0.4) is 0 Å². The largest absolute Gasteiger partial charge is 0.480 e. The van der Waals surface area contributed by atoms with E-state index in [4.69, 9.17) is 10.8 Å². The molecule has 1 aromatic carbocycles. The van der Waals surface area contributed by atoms with Gasteiger partial charge in [-0.2, -0.15) is 17.0 Å². The van der Waals surface area contributed by atoms with Crippen LogP contribution >= 0.6 is 0 Å². The molecule has 0 aliphatic rings. The second-order valence-corrected chi connectivity index (χ2v) is 6.41. The van der Waals surface area contributed by atoms with Crippen molar-refractivity contribution in [3.05, 3.63) is 35.9 Å². The quantitative estimate of drug-likeness (QED) is 0.653. The molecular formula is C12H17N3O5S. The molecule has 0 spiro atoms. The summed E-state index contributed by atoms with van der Waals surface area (Å²) in [7, 11) is -2.80. The molecule has 0 aliphatic carbocycles. The third-order valence-electron chi connectivity index (χ3n) is 2.61. The van der Waals surface area contributed by atoms with Crippen LogP contribution in [0.1, 0.15) is 5.56 Å². The molecule has 0 fully saturated rings. The fourth-order valence-corrected chi connectivity index (χ4v) is 2.93. The van der Waals surface area contributed by atoms with Gasteiger partial charge in [0.25, 0.3) is 10.2 Å². The van der Waals surface area contributed by atoms with Crippen LogP contribution < -0.4 is 5.73 Å². The molecule has 9 heteroatoms. The number of hydrogen-bond acceptors (Lipinski definition) is 4. The van der Waals surface area contributed by atoms with Gasteiger partial charge in [0.15, 0.2) is 0 Å². The van der Waals surface area contributed by atoms with Crippen molar-refractivity contribution in [3.63, 3.8) is 0 Å². The summed E-state index contributed by atoms with van der Waals surface area (Å²) in [6.45, 7) is -1.46. The molecule has 0 aromatic heterocycles. The number of carboxylic acid groups (broad SMARTS) is 1. The Balaban J connectivity index is 2.93. The number of carbonyl (C=O) groups is 2. The van der Waals surface area contributed by atoms with Gasteiger partial charge in [0.1, 0.15) is 6.54 Å². The van der Waals surface area contributed by atoms with Crippen molar-refractivity contribution in [1.29, 1.82) is 0 Å². The maximum atomic E-state index is 12.3. The van der Waals surface area contributed by atoms with Crippen molar-refractivity contribution in [2.24, 2.45) is 5.73 Å². The molecule has 1 rings (SSSR count). The Bertz CT molecular complexity index is 587. The van der Waals surface area contributed by atoms with Gasteiger partial charge < -0.3 is 10.8 Å². The highest BCUT2D eigenvalue weighted by atomic mass is 32.2. The minimum atomic E-state index is -4.10. The molecule has 1 amide bonds. The molecule has 0 unspecified atom stereocenters. The Labute approximate surface area is 122 Å². The van der Waals surface area contributed by atoms with Crippen LogP contribution in [0.4, 0.5) is 0 Å². The van der Waals surface area contributed by atoms with Crippen molar-refractivity contribution >= 4 is 22.1 Å². The van der Waals surface area contributed by atoms with E-state index in [0.29, 0.717) is 4.31 Å². The molecule has 0 saturated carbocycles. The highest BCUT2D eigenvalue weighted by molar-refractivity contribution is 7.86. The van der Waals surface area contributed by atoms with Gasteiger partial charge in [0.2, 0.25) is 5.91 Å². The first-order chi connectivity index (χ1) is 9.73. The monoisotopic (exact) mass is 315 g/mol. The number of amides is 1. The number of nitrogens with zero attached hydrogens (tertiary/aromatic N) is 2. The fraction of sp³-hybridized carbons (Fsp3) is 0.333. The van der Waals surface area contributed by atoms with E-state index in [1.165, 1.54) is 7.05 Å². The SMILES string of the molecule is CN(Cc1ccccc1)S(=O)(=O)N(CC(N)=O)CC(=O)O. The van der Waals surface area contributed by atoms with E-state index >= 15 is 0 Å². The lowest BCUT2D eigenvalue weighted by molar-refractivity contribution is -0.137. The van der Waals surface area contributed by atoms with Gasteiger partial charge in [-0.25, -0.2) is 0 Å². The molecule has 3 N–H and O–H groups in total. The normalized spacial score (nSPS) is 11.8. The third kappa shape index (κ3) is 5.14. The molecular weight excluding hydrogens is 298 g/mol. The van der Waals surface area contributed by atoms with Crippen LogP contribution in [0.25, 0.3) is 0 Å². The predicted molar refractivity (Wildman–Crippen MR) is 75.2 cm³/mol. The van der Waals surface area contributed by atoms with Crippen LogP contribution in [0.2, 0.25) is 0 Å². The molecule has 0 saturated heterocycles. The van der Waals surface area contributed by atoms with Crippen molar-refractivity contribution in [3.8, 4) is 0 Å². The number of benzene rings is 1. The van der Waals surface area contributed by atoms with Gasteiger partial charge in [0, 0.05) is 13.6 Å². The highest BCUT2D eigenvalue weighted by Gasteiger charge is 2.30. The summed E-state index contributed by atoms with van der Waals surface area (Å²) in [6, 6.07) is 8.79. The van der Waals surface area contributed by atoms with Gasteiger partial charge >= 0.3 is 5.97 Å². The Morgan fingerprint density at radius 2 is 1.76 bits per heavy atom. The topological polar surface area (TPSA) is 121 Å².